The van der Waals surface area contributed by atoms with Crippen molar-refractivity contribution < 1.29 is 17.9 Å². The van der Waals surface area contributed by atoms with E-state index in [9.17, 15) is 13.2 Å². The van der Waals surface area contributed by atoms with Crippen molar-refractivity contribution in [3.05, 3.63) is 41.2 Å². The molecule has 0 aliphatic carbocycles. The van der Waals surface area contributed by atoms with E-state index in [1.165, 1.54) is 16.5 Å². The number of aryl methyl sites for hydroxylation is 2. The van der Waals surface area contributed by atoms with E-state index in [1.54, 1.807) is 35.1 Å². The zero-order valence-electron chi connectivity index (χ0n) is 16.5. The van der Waals surface area contributed by atoms with E-state index in [0.717, 1.165) is 5.56 Å². The lowest BCUT2D eigenvalue weighted by atomic mass is 10.2. The number of likely N-dealkylation sites (N-methyl/N-ethyl adjacent to an activating group) is 1. The molecular weight excluding hydrogens is 368 g/mol. The molecular formula is C18H26N4O4S. The fraction of sp³-hybridized carbons (Fsp3) is 0.444. The SMILES string of the molecule is COc1cccc(CN(C)C(=O)[C@H](C)NS(=O)(=O)c2c(C)nn(C)c2C)c1. The van der Waals surface area contributed by atoms with Crippen LogP contribution in [0.4, 0.5) is 0 Å². The van der Waals surface area contributed by atoms with Crippen LogP contribution in [0.1, 0.15) is 23.9 Å². The average molecular weight is 394 g/mol. The topological polar surface area (TPSA) is 93.5 Å². The number of carbonyl (C=O) groups excluding carboxylic acids is 1. The van der Waals surface area contributed by atoms with E-state index in [2.05, 4.69) is 9.82 Å². The first-order valence-electron chi connectivity index (χ1n) is 8.47. The highest BCUT2D eigenvalue weighted by Gasteiger charge is 2.28. The van der Waals surface area contributed by atoms with Gasteiger partial charge in [0.25, 0.3) is 0 Å². The first-order chi connectivity index (χ1) is 12.6. The van der Waals surface area contributed by atoms with E-state index in [-0.39, 0.29) is 10.8 Å². The zero-order chi connectivity index (χ0) is 20.4. The summed E-state index contributed by atoms with van der Waals surface area (Å²) in [7, 11) is 1.02. The molecule has 9 heteroatoms. The summed E-state index contributed by atoms with van der Waals surface area (Å²) in [5, 5.41) is 4.13. The van der Waals surface area contributed by atoms with Crippen LogP contribution in [-0.4, -0.2) is 49.2 Å². The number of sulfonamides is 1. The van der Waals surface area contributed by atoms with Gasteiger partial charge in [0, 0.05) is 20.6 Å². The Labute approximate surface area is 160 Å². The Balaban J connectivity index is 2.12. The predicted octanol–water partition coefficient (Wildman–Crippen LogP) is 1.37. The Bertz CT molecular complexity index is 937. The molecule has 1 aromatic heterocycles. The molecule has 1 heterocycles. The lowest BCUT2D eigenvalue weighted by Gasteiger charge is -2.22. The van der Waals surface area contributed by atoms with Crippen LogP contribution in [0, 0.1) is 13.8 Å². The van der Waals surface area contributed by atoms with Crippen molar-refractivity contribution in [2.45, 2.75) is 38.3 Å². The minimum absolute atomic E-state index is 0.111. The van der Waals surface area contributed by atoms with Crippen molar-refractivity contribution in [1.29, 1.82) is 0 Å². The lowest BCUT2D eigenvalue weighted by molar-refractivity contribution is -0.131. The molecule has 0 fully saturated rings. The number of nitrogens with zero attached hydrogens (tertiary/aromatic N) is 3. The Morgan fingerprint density at radius 1 is 1.37 bits per heavy atom. The number of carbonyl (C=O) groups is 1. The van der Waals surface area contributed by atoms with Gasteiger partial charge in [0.1, 0.15) is 10.6 Å². The predicted molar refractivity (Wildman–Crippen MR) is 102 cm³/mol. The van der Waals surface area contributed by atoms with Gasteiger partial charge < -0.3 is 9.64 Å². The minimum Gasteiger partial charge on any atom is -0.497 e. The van der Waals surface area contributed by atoms with Gasteiger partial charge in [0.2, 0.25) is 15.9 Å². The molecule has 1 aromatic carbocycles. The largest absolute Gasteiger partial charge is 0.497 e. The third-order valence-corrected chi connectivity index (χ3v) is 6.14. The Morgan fingerprint density at radius 3 is 2.59 bits per heavy atom. The molecule has 148 valence electrons. The Morgan fingerprint density at radius 2 is 2.04 bits per heavy atom. The second-order valence-electron chi connectivity index (χ2n) is 6.51. The standard InChI is InChI=1S/C18H26N4O4S/c1-12-17(14(3)22(5)19-12)27(24,25)20-13(2)18(23)21(4)11-15-8-7-9-16(10-15)26-6/h7-10,13,20H,11H2,1-6H3/t13-/m0/s1. The zero-order valence-corrected chi connectivity index (χ0v) is 17.3. The third-order valence-electron chi connectivity index (χ3n) is 4.34. The first kappa shape index (κ1) is 20.9. The molecule has 0 bridgehead atoms. The normalized spacial score (nSPS) is 12.7. The number of hydrogen-bond acceptors (Lipinski definition) is 5. The highest BCUT2D eigenvalue weighted by Crippen LogP contribution is 2.19. The smallest absolute Gasteiger partial charge is 0.244 e. The van der Waals surface area contributed by atoms with E-state index < -0.39 is 16.1 Å². The molecule has 8 nitrogen and oxygen atoms in total. The molecule has 0 aliphatic rings. The Hall–Kier alpha value is -2.39. The second-order valence-corrected chi connectivity index (χ2v) is 8.16. The first-order valence-corrected chi connectivity index (χ1v) is 9.95. The van der Waals surface area contributed by atoms with Crippen molar-refractivity contribution in [1.82, 2.24) is 19.4 Å². The maximum atomic E-state index is 12.7. The lowest BCUT2D eigenvalue weighted by Crippen LogP contribution is -2.45. The monoisotopic (exact) mass is 394 g/mol. The summed E-state index contributed by atoms with van der Waals surface area (Å²) in [6, 6.07) is 6.46. The molecule has 2 aromatic rings. The van der Waals surface area contributed by atoms with Crippen LogP contribution in [0.5, 0.6) is 5.75 Å². The molecule has 27 heavy (non-hydrogen) atoms. The summed E-state index contributed by atoms with van der Waals surface area (Å²) in [5.74, 6) is 0.366. The van der Waals surface area contributed by atoms with Gasteiger partial charge in [0.05, 0.1) is 24.5 Å². The van der Waals surface area contributed by atoms with Gasteiger partial charge in [-0.2, -0.15) is 9.82 Å². The number of hydrogen-bond donors (Lipinski definition) is 1. The van der Waals surface area contributed by atoms with E-state index in [1.807, 2.05) is 24.3 Å². The van der Waals surface area contributed by atoms with Gasteiger partial charge in [-0.1, -0.05) is 12.1 Å². The van der Waals surface area contributed by atoms with Crippen LogP contribution in [0.25, 0.3) is 0 Å². The molecule has 0 saturated carbocycles. The molecule has 0 radical (unpaired) electrons. The van der Waals surface area contributed by atoms with Gasteiger partial charge in [-0.15, -0.1) is 0 Å². The number of ether oxygens (including phenoxy) is 1. The number of rotatable bonds is 7. The van der Waals surface area contributed by atoms with Gasteiger partial charge in [0.15, 0.2) is 0 Å². The molecule has 0 spiro atoms. The van der Waals surface area contributed by atoms with Gasteiger partial charge in [-0.05, 0) is 38.5 Å². The molecule has 0 aliphatic heterocycles. The highest BCUT2D eigenvalue weighted by molar-refractivity contribution is 7.89. The average Bonchev–Trinajstić information content (AvgIpc) is 2.86. The van der Waals surface area contributed by atoms with Crippen LogP contribution >= 0.6 is 0 Å². The van der Waals surface area contributed by atoms with Crippen molar-refractivity contribution in [3.8, 4) is 5.75 Å². The number of nitrogens with one attached hydrogen (secondary N) is 1. The molecule has 1 amide bonds. The van der Waals surface area contributed by atoms with Crippen molar-refractivity contribution >= 4 is 15.9 Å². The van der Waals surface area contributed by atoms with E-state index >= 15 is 0 Å². The summed E-state index contributed by atoms with van der Waals surface area (Å²) in [6.07, 6.45) is 0. The maximum Gasteiger partial charge on any atom is 0.244 e. The Kier molecular flexibility index (Phi) is 6.27. The number of methoxy groups -OCH3 is 1. The summed E-state index contributed by atoms with van der Waals surface area (Å²) in [6.45, 7) is 5.18. The summed E-state index contributed by atoms with van der Waals surface area (Å²) in [5.41, 5.74) is 1.80. The molecule has 0 unspecified atom stereocenters. The van der Waals surface area contributed by atoms with Gasteiger partial charge in [-0.25, -0.2) is 8.42 Å². The van der Waals surface area contributed by atoms with E-state index in [0.29, 0.717) is 23.7 Å². The molecule has 1 atom stereocenters. The maximum absolute atomic E-state index is 12.7. The minimum atomic E-state index is -3.86. The number of benzene rings is 1. The second kappa shape index (κ2) is 8.10. The van der Waals surface area contributed by atoms with Crippen molar-refractivity contribution in [3.63, 3.8) is 0 Å². The van der Waals surface area contributed by atoms with Crippen LogP contribution in [-0.2, 0) is 28.4 Å². The van der Waals surface area contributed by atoms with E-state index in [4.69, 9.17) is 4.74 Å². The molecule has 2 rings (SSSR count). The summed E-state index contributed by atoms with van der Waals surface area (Å²) in [4.78, 5) is 14.2. The number of aromatic nitrogens is 2. The van der Waals surface area contributed by atoms with Gasteiger partial charge in [-0.3, -0.25) is 9.48 Å². The molecule has 0 saturated heterocycles. The van der Waals surface area contributed by atoms with Gasteiger partial charge >= 0.3 is 0 Å². The van der Waals surface area contributed by atoms with Crippen molar-refractivity contribution in [2.75, 3.05) is 14.2 Å². The molecule has 1 N–H and O–H groups in total. The quantitative estimate of drug-likeness (QED) is 0.766. The summed E-state index contributed by atoms with van der Waals surface area (Å²) < 4.78 is 34.6. The van der Waals surface area contributed by atoms with Crippen LogP contribution in [0.3, 0.4) is 0 Å². The number of amides is 1. The van der Waals surface area contributed by atoms with Crippen LogP contribution in [0.15, 0.2) is 29.2 Å². The third kappa shape index (κ3) is 4.67. The summed E-state index contributed by atoms with van der Waals surface area (Å²) >= 11 is 0. The highest BCUT2D eigenvalue weighted by atomic mass is 32.2. The fourth-order valence-corrected chi connectivity index (χ4v) is 4.57. The van der Waals surface area contributed by atoms with Crippen LogP contribution in [0.2, 0.25) is 0 Å². The fourth-order valence-electron chi connectivity index (χ4n) is 2.94. The van der Waals surface area contributed by atoms with Crippen LogP contribution < -0.4 is 9.46 Å². The van der Waals surface area contributed by atoms with Crippen molar-refractivity contribution in [2.24, 2.45) is 7.05 Å².